The lowest BCUT2D eigenvalue weighted by Crippen LogP contribution is -2.40. The van der Waals surface area contributed by atoms with Gasteiger partial charge in [0.05, 0.1) is 7.11 Å². The molecule has 3 rings (SSSR count). The van der Waals surface area contributed by atoms with Gasteiger partial charge in [-0.2, -0.15) is 0 Å². The highest BCUT2D eigenvalue weighted by atomic mass is 16.5. The largest absolute Gasteiger partial charge is 0.493 e. The summed E-state index contributed by atoms with van der Waals surface area (Å²) in [6.45, 7) is 0.415. The number of carbonyl (C=O) groups is 2. The molecule has 0 aromatic heterocycles. The van der Waals surface area contributed by atoms with E-state index in [2.05, 4.69) is 5.32 Å². The molecule has 2 saturated carbocycles. The predicted octanol–water partition coefficient (Wildman–Crippen LogP) is 2.51. The van der Waals surface area contributed by atoms with Crippen molar-refractivity contribution in [3.8, 4) is 11.5 Å². The molecular weight excluding hydrogens is 332 g/mol. The average molecular weight is 360 g/mol. The fourth-order valence-electron chi connectivity index (χ4n) is 3.45. The molecule has 2 aliphatic carbocycles. The standard InChI is InChI=1S/C20H28N2O4/c1-25-17-8-4-5-9-18(17)26-14-20(24)22(16-10-11-16)13-12-19(23)21-15-6-2-3-7-15/h4-5,8-9,15-16H,2-3,6-7,10-14H2,1H3,(H,21,23). The monoisotopic (exact) mass is 360 g/mol. The molecule has 6 heteroatoms. The van der Waals surface area contributed by atoms with E-state index in [1.54, 1.807) is 24.1 Å². The third-order valence-corrected chi connectivity index (χ3v) is 5.03. The number of para-hydroxylation sites is 2. The summed E-state index contributed by atoms with van der Waals surface area (Å²) in [6, 6.07) is 7.85. The minimum atomic E-state index is -0.0768. The van der Waals surface area contributed by atoms with Gasteiger partial charge in [-0.05, 0) is 37.8 Å². The van der Waals surface area contributed by atoms with Crippen LogP contribution in [0.2, 0.25) is 0 Å². The van der Waals surface area contributed by atoms with Crippen LogP contribution < -0.4 is 14.8 Å². The number of hydrogen-bond donors (Lipinski definition) is 1. The number of carbonyl (C=O) groups excluding carboxylic acids is 2. The van der Waals surface area contributed by atoms with E-state index in [-0.39, 0.29) is 24.5 Å². The first kappa shape index (κ1) is 18.5. The molecule has 0 bridgehead atoms. The second-order valence-electron chi connectivity index (χ2n) is 7.06. The van der Waals surface area contributed by atoms with Crippen molar-refractivity contribution in [2.45, 2.75) is 57.0 Å². The van der Waals surface area contributed by atoms with E-state index in [0.29, 0.717) is 30.5 Å². The Morgan fingerprint density at radius 3 is 2.46 bits per heavy atom. The fraction of sp³-hybridized carbons (Fsp3) is 0.600. The zero-order valence-electron chi connectivity index (χ0n) is 15.4. The van der Waals surface area contributed by atoms with Crippen LogP contribution in [0.4, 0.5) is 0 Å². The summed E-state index contributed by atoms with van der Waals surface area (Å²) in [5.74, 6) is 1.13. The van der Waals surface area contributed by atoms with Crippen LogP contribution in [0.5, 0.6) is 11.5 Å². The summed E-state index contributed by atoms with van der Waals surface area (Å²) in [6.07, 6.45) is 6.89. The quantitative estimate of drug-likeness (QED) is 0.735. The van der Waals surface area contributed by atoms with Gasteiger partial charge < -0.3 is 19.7 Å². The average Bonchev–Trinajstić information content (AvgIpc) is 3.36. The Labute approximate surface area is 154 Å². The maximum absolute atomic E-state index is 12.6. The van der Waals surface area contributed by atoms with Gasteiger partial charge in [0.15, 0.2) is 18.1 Å². The Morgan fingerprint density at radius 2 is 1.81 bits per heavy atom. The van der Waals surface area contributed by atoms with Gasteiger partial charge >= 0.3 is 0 Å². The number of nitrogens with one attached hydrogen (secondary N) is 1. The molecule has 2 aliphatic rings. The molecule has 1 aromatic carbocycles. The molecule has 26 heavy (non-hydrogen) atoms. The van der Waals surface area contributed by atoms with Gasteiger partial charge in [0.2, 0.25) is 5.91 Å². The molecule has 142 valence electrons. The Morgan fingerprint density at radius 1 is 1.12 bits per heavy atom. The Kier molecular flexibility index (Phi) is 6.36. The number of rotatable bonds is 9. The van der Waals surface area contributed by atoms with Crippen LogP contribution in [-0.2, 0) is 9.59 Å². The van der Waals surface area contributed by atoms with E-state index >= 15 is 0 Å². The summed E-state index contributed by atoms with van der Waals surface area (Å²) >= 11 is 0. The molecule has 0 radical (unpaired) electrons. The normalized spacial score (nSPS) is 17.0. The maximum atomic E-state index is 12.6. The van der Waals surface area contributed by atoms with E-state index in [4.69, 9.17) is 9.47 Å². The van der Waals surface area contributed by atoms with E-state index in [0.717, 1.165) is 25.7 Å². The molecule has 0 unspecified atom stereocenters. The van der Waals surface area contributed by atoms with E-state index < -0.39 is 0 Å². The number of amides is 2. The Hall–Kier alpha value is -2.24. The van der Waals surface area contributed by atoms with Crippen molar-refractivity contribution in [2.75, 3.05) is 20.3 Å². The molecule has 2 fully saturated rings. The van der Waals surface area contributed by atoms with E-state index in [1.807, 2.05) is 12.1 Å². The van der Waals surface area contributed by atoms with E-state index in [9.17, 15) is 9.59 Å². The SMILES string of the molecule is COc1ccccc1OCC(=O)N(CCC(=O)NC1CCCC1)C1CC1. The van der Waals surface area contributed by atoms with Crippen LogP contribution in [0.1, 0.15) is 44.9 Å². The second kappa shape index (κ2) is 8.92. The minimum Gasteiger partial charge on any atom is -0.493 e. The zero-order valence-corrected chi connectivity index (χ0v) is 15.4. The summed E-state index contributed by atoms with van der Waals surface area (Å²) in [5.41, 5.74) is 0. The van der Waals surface area contributed by atoms with Gasteiger partial charge in [-0.3, -0.25) is 9.59 Å². The van der Waals surface area contributed by atoms with Crippen LogP contribution in [0, 0.1) is 0 Å². The zero-order chi connectivity index (χ0) is 18.4. The molecule has 1 N–H and O–H groups in total. The lowest BCUT2D eigenvalue weighted by Gasteiger charge is -2.23. The number of nitrogens with zero attached hydrogens (tertiary/aromatic N) is 1. The molecule has 0 saturated heterocycles. The summed E-state index contributed by atoms with van der Waals surface area (Å²) in [4.78, 5) is 26.5. The van der Waals surface area contributed by atoms with Gasteiger partial charge in [0.1, 0.15) is 0 Å². The summed E-state index contributed by atoms with van der Waals surface area (Å²) in [7, 11) is 1.57. The van der Waals surface area contributed by atoms with Gasteiger partial charge in [-0.25, -0.2) is 0 Å². The number of hydrogen-bond acceptors (Lipinski definition) is 4. The van der Waals surface area contributed by atoms with Crippen LogP contribution in [0.15, 0.2) is 24.3 Å². The molecule has 2 amide bonds. The highest BCUT2D eigenvalue weighted by Gasteiger charge is 2.33. The molecule has 0 aliphatic heterocycles. The third-order valence-electron chi connectivity index (χ3n) is 5.03. The third kappa shape index (κ3) is 5.13. The number of methoxy groups -OCH3 is 1. The van der Waals surface area contributed by atoms with Crippen LogP contribution in [-0.4, -0.2) is 49.1 Å². The maximum Gasteiger partial charge on any atom is 0.260 e. The van der Waals surface area contributed by atoms with E-state index in [1.165, 1.54) is 12.8 Å². The first-order valence-corrected chi connectivity index (χ1v) is 9.52. The molecule has 6 nitrogen and oxygen atoms in total. The summed E-state index contributed by atoms with van der Waals surface area (Å²) in [5, 5.41) is 3.08. The van der Waals surface area contributed by atoms with Gasteiger partial charge in [-0.15, -0.1) is 0 Å². The fourth-order valence-corrected chi connectivity index (χ4v) is 3.45. The predicted molar refractivity (Wildman–Crippen MR) is 98.2 cm³/mol. The highest BCUT2D eigenvalue weighted by Crippen LogP contribution is 2.29. The number of benzene rings is 1. The second-order valence-corrected chi connectivity index (χ2v) is 7.06. The summed E-state index contributed by atoms with van der Waals surface area (Å²) < 4.78 is 10.9. The van der Waals surface area contributed by atoms with Crippen molar-refractivity contribution in [3.05, 3.63) is 24.3 Å². The highest BCUT2D eigenvalue weighted by molar-refractivity contribution is 5.80. The molecule has 0 heterocycles. The van der Waals surface area contributed by atoms with Crippen molar-refractivity contribution in [2.24, 2.45) is 0 Å². The van der Waals surface area contributed by atoms with Crippen LogP contribution >= 0.6 is 0 Å². The van der Waals surface area contributed by atoms with Gasteiger partial charge in [0.25, 0.3) is 5.91 Å². The van der Waals surface area contributed by atoms with Gasteiger partial charge in [0, 0.05) is 25.0 Å². The van der Waals surface area contributed by atoms with Crippen molar-refractivity contribution < 1.29 is 19.1 Å². The van der Waals surface area contributed by atoms with Crippen LogP contribution in [0.25, 0.3) is 0 Å². The molecular formula is C20H28N2O4. The molecule has 0 atom stereocenters. The topological polar surface area (TPSA) is 67.9 Å². The Balaban J connectivity index is 1.47. The lowest BCUT2D eigenvalue weighted by atomic mass is 10.2. The van der Waals surface area contributed by atoms with Crippen LogP contribution in [0.3, 0.4) is 0 Å². The van der Waals surface area contributed by atoms with Crippen molar-refractivity contribution in [1.29, 1.82) is 0 Å². The lowest BCUT2D eigenvalue weighted by molar-refractivity contribution is -0.134. The minimum absolute atomic E-state index is 0.0406. The first-order valence-electron chi connectivity index (χ1n) is 9.52. The number of ether oxygens (including phenoxy) is 2. The Bertz CT molecular complexity index is 624. The molecule has 0 spiro atoms. The molecule has 1 aromatic rings. The van der Waals surface area contributed by atoms with Gasteiger partial charge in [-0.1, -0.05) is 25.0 Å². The smallest absolute Gasteiger partial charge is 0.260 e. The first-order chi connectivity index (χ1) is 12.7. The van der Waals surface area contributed by atoms with Crippen molar-refractivity contribution in [1.82, 2.24) is 10.2 Å². The van der Waals surface area contributed by atoms with Crippen molar-refractivity contribution >= 4 is 11.8 Å². The van der Waals surface area contributed by atoms with Crippen molar-refractivity contribution in [3.63, 3.8) is 0 Å².